The number of hydrogen-bond acceptors (Lipinski definition) is 4. The van der Waals surface area contributed by atoms with Gasteiger partial charge in [0.05, 0.1) is 12.6 Å². The number of carbonyl (C=O) groups is 2. The van der Waals surface area contributed by atoms with E-state index < -0.39 is 0 Å². The van der Waals surface area contributed by atoms with Crippen molar-refractivity contribution in [3.05, 3.63) is 0 Å². The zero-order chi connectivity index (χ0) is 13.1. The van der Waals surface area contributed by atoms with Crippen molar-refractivity contribution in [2.45, 2.75) is 13.0 Å². The second-order valence-electron chi connectivity index (χ2n) is 5.04. The zero-order valence-electron chi connectivity index (χ0n) is 11.2. The van der Waals surface area contributed by atoms with Gasteiger partial charge < -0.3 is 15.1 Å². The summed E-state index contributed by atoms with van der Waals surface area (Å²) in [5, 5.41) is 3.23. The van der Waals surface area contributed by atoms with Crippen molar-refractivity contribution in [2.24, 2.45) is 0 Å². The predicted octanol–water partition coefficient (Wildman–Crippen LogP) is -1.42. The monoisotopic (exact) mass is 254 g/mol. The van der Waals surface area contributed by atoms with Gasteiger partial charge in [-0.2, -0.15) is 0 Å². The van der Waals surface area contributed by atoms with Crippen LogP contribution >= 0.6 is 0 Å². The van der Waals surface area contributed by atoms with Gasteiger partial charge in [0, 0.05) is 46.3 Å². The van der Waals surface area contributed by atoms with E-state index in [1.54, 1.807) is 4.90 Å². The lowest BCUT2D eigenvalue weighted by Gasteiger charge is -2.38. The minimum absolute atomic E-state index is 0.0983. The first-order chi connectivity index (χ1) is 8.59. The summed E-state index contributed by atoms with van der Waals surface area (Å²) in [5.74, 6) is 0.245. The van der Waals surface area contributed by atoms with Gasteiger partial charge in [0.25, 0.3) is 0 Å². The van der Waals surface area contributed by atoms with Gasteiger partial charge in [-0.1, -0.05) is 0 Å². The SMILES string of the molecule is CC(C(=O)N1CCNCC1)N1CCN(C)C(=O)C1. The number of amides is 2. The van der Waals surface area contributed by atoms with Crippen molar-refractivity contribution in [3.63, 3.8) is 0 Å². The Morgan fingerprint density at radius 3 is 2.50 bits per heavy atom. The van der Waals surface area contributed by atoms with Crippen molar-refractivity contribution in [2.75, 3.05) is 52.9 Å². The van der Waals surface area contributed by atoms with Crippen LogP contribution in [-0.4, -0.2) is 85.4 Å². The molecule has 18 heavy (non-hydrogen) atoms. The maximum Gasteiger partial charge on any atom is 0.239 e. The van der Waals surface area contributed by atoms with E-state index in [0.29, 0.717) is 13.1 Å². The highest BCUT2D eigenvalue weighted by Gasteiger charge is 2.31. The molecule has 1 unspecified atom stereocenters. The molecule has 2 aliphatic heterocycles. The molecule has 0 bridgehead atoms. The van der Waals surface area contributed by atoms with Crippen LogP contribution < -0.4 is 5.32 Å². The second kappa shape index (κ2) is 5.67. The summed E-state index contributed by atoms with van der Waals surface area (Å²) in [4.78, 5) is 29.6. The quantitative estimate of drug-likeness (QED) is 0.657. The molecule has 6 heteroatoms. The molecule has 2 fully saturated rings. The number of nitrogens with one attached hydrogen (secondary N) is 1. The van der Waals surface area contributed by atoms with Crippen LogP contribution in [0.3, 0.4) is 0 Å². The van der Waals surface area contributed by atoms with Crippen molar-refractivity contribution in [1.82, 2.24) is 20.0 Å². The third-order valence-electron chi connectivity index (χ3n) is 3.82. The summed E-state index contributed by atoms with van der Waals surface area (Å²) in [6, 6.07) is -0.194. The van der Waals surface area contributed by atoms with Gasteiger partial charge in [-0.15, -0.1) is 0 Å². The average molecular weight is 254 g/mol. The number of nitrogens with zero attached hydrogens (tertiary/aromatic N) is 3. The van der Waals surface area contributed by atoms with Crippen LogP contribution in [0.1, 0.15) is 6.92 Å². The molecule has 102 valence electrons. The minimum atomic E-state index is -0.194. The van der Waals surface area contributed by atoms with Crippen molar-refractivity contribution in [3.8, 4) is 0 Å². The van der Waals surface area contributed by atoms with Crippen LogP contribution in [0.15, 0.2) is 0 Å². The lowest BCUT2D eigenvalue weighted by Crippen LogP contribution is -2.57. The highest BCUT2D eigenvalue weighted by Crippen LogP contribution is 2.09. The Morgan fingerprint density at radius 2 is 1.89 bits per heavy atom. The summed E-state index contributed by atoms with van der Waals surface area (Å²) in [7, 11) is 1.81. The molecule has 0 aliphatic carbocycles. The highest BCUT2D eigenvalue weighted by atomic mass is 16.2. The first-order valence-corrected chi connectivity index (χ1v) is 6.57. The van der Waals surface area contributed by atoms with E-state index in [-0.39, 0.29) is 17.9 Å². The molecule has 2 saturated heterocycles. The van der Waals surface area contributed by atoms with Gasteiger partial charge in [0.1, 0.15) is 0 Å². The highest BCUT2D eigenvalue weighted by molar-refractivity contribution is 5.84. The molecular weight excluding hydrogens is 232 g/mol. The summed E-state index contributed by atoms with van der Waals surface area (Å²) >= 11 is 0. The standard InChI is InChI=1S/C12H22N4O2/c1-10(12(18)15-5-3-13-4-6-15)16-8-7-14(2)11(17)9-16/h10,13H,3-9H2,1-2H3. The van der Waals surface area contributed by atoms with Gasteiger partial charge in [-0.05, 0) is 6.92 Å². The Hall–Kier alpha value is -1.14. The Balaban J connectivity index is 1.91. The van der Waals surface area contributed by atoms with Gasteiger partial charge >= 0.3 is 0 Å². The number of likely N-dealkylation sites (N-methyl/N-ethyl adjacent to an activating group) is 1. The number of hydrogen-bond donors (Lipinski definition) is 1. The lowest BCUT2D eigenvalue weighted by molar-refractivity contribution is -0.142. The molecule has 1 atom stereocenters. The van der Waals surface area contributed by atoms with E-state index in [2.05, 4.69) is 5.32 Å². The number of rotatable bonds is 2. The first kappa shape index (κ1) is 13.3. The molecular formula is C12H22N4O2. The molecule has 0 saturated carbocycles. The largest absolute Gasteiger partial charge is 0.343 e. The average Bonchev–Trinajstić information content (AvgIpc) is 2.41. The van der Waals surface area contributed by atoms with Gasteiger partial charge in [-0.25, -0.2) is 0 Å². The van der Waals surface area contributed by atoms with Gasteiger partial charge in [0.15, 0.2) is 0 Å². The molecule has 0 aromatic heterocycles. The molecule has 0 aromatic carbocycles. The molecule has 1 N–H and O–H groups in total. The van der Waals surface area contributed by atoms with Crippen LogP contribution in [0.25, 0.3) is 0 Å². The van der Waals surface area contributed by atoms with Crippen LogP contribution in [0.2, 0.25) is 0 Å². The first-order valence-electron chi connectivity index (χ1n) is 6.57. The molecule has 6 nitrogen and oxygen atoms in total. The Bertz CT molecular complexity index is 328. The molecule has 0 spiro atoms. The fourth-order valence-electron chi connectivity index (χ4n) is 2.41. The van der Waals surface area contributed by atoms with E-state index >= 15 is 0 Å². The van der Waals surface area contributed by atoms with Crippen LogP contribution in [0, 0.1) is 0 Å². The summed E-state index contributed by atoms with van der Waals surface area (Å²) in [6.45, 7) is 7.01. The van der Waals surface area contributed by atoms with E-state index in [4.69, 9.17) is 0 Å². The molecule has 2 heterocycles. The van der Waals surface area contributed by atoms with Crippen LogP contribution in [0.4, 0.5) is 0 Å². The number of piperazine rings is 2. The van der Waals surface area contributed by atoms with Crippen LogP contribution in [0.5, 0.6) is 0 Å². The fourth-order valence-corrected chi connectivity index (χ4v) is 2.41. The minimum Gasteiger partial charge on any atom is -0.343 e. The van der Waals surface area contributed by atoms with E-state index in [1.807, 2.05) is 23.8 Å². The molecule has 2 amide bonds. The van der Waals surface area contributed by atoms with Crippen molar-refractivity contribution < 1.29 is 9.59 Å². The fraction of sp³-hybridized carbons (Fsp3) is 0.833. The molecule has 2 rings (SSSR count). The van der Waals surface area contributed by atoms with Crippen molar-refractivity contribution >= 4 is 11.8 Å². The van der Waals surface area contributed by atoms with Crippen LogP contribution in [-0.2, 0) is 9.59 Å². The lowest BCUT2D eigenvalue weighted by atomic mass is 10.2. The maximum atomic E-state index is 12.3. The number of carbonyl (C=O) groups excluding carboxylic acids is 2. The van der Waals surface area contributed by atoms with E-state index in [9.17, 15) is 9.59 Å². The maximum absolute atomic E-state index is 12.3. The smallest absolute Gasteiger partial charge is 0.239 e. The Labute approximate surface area is 108 Å². The summed E-state index contributed by atoms with van der Waals surface area (Å²) < 4.78 is 0. The third-order valence-corrected chi connectivity index (χ3v) is 3.82. The van der Waals surface area contributed by atoms with E-state index in [0.717, 1.165) is 32.7 Å². The summed E-state index contributed by atoms with van der Waals surface area (Å²) in [6.07, 6.45) is 0. The zero-order valence-corrected chi connectivity index (χ0v) is 11.2. The molecule has 2 aliphatic rings. The van der Waals surface area contributed by atoms with Gasteiger partial charge in [-0.3, -0.25) is 14.5 Å². The normalized spacial score (nSPS) is 24.2. The third kappa shape index (κ3) is 2.81. The topological polar surface area (TPSA) is 55.9 Å². The Kier molecular flexibility index (Phi) is 4.19. The van der Waals surface area contributed by atoms with E-state index in [1.165, 1.54) is 0 Å². The molecule has 0 radical (unpaired) electrons. The Morgan fingerprint density at radius 1 is 1.22 bits per heavy atom. The van der Waals surface area contributed by atoms with Gasteiger partial charge in [0.2, 0.25) is 11.8 Å². The predicted molar refractivity (Wildman–Crippen MR) is 68.1 cm³/mol. The second-order valence-corrected chi connectivity index (χ2v) is 5.04. The van der Waals surface area contributed by atoms with Crippen molar-refractivity contribution in [1.29, 1.82) is 0 Å². The summed E-state index contributed by atoms with van der Waals surface area (Å²) in [5.41, 5.74) is 0. The molecule has 0 aromatic rings.